The van der Waals surface area contributed by atoms with Crippen molar-refractivity contribution in [1.29, 1.82) is 0 Å². The molecule has 0 spiro atoms. The zero-order valence-corrected chi connectivity index (χ0v) is 9.91. The first-order valence-electron chi connectivity index (χ1n) is 3.91. The van der Waals surface area contributed by atoms with Crippen LogP contribution >= 0.6 is 36.2 Å². The number of aromatic nitrogens is 3. The van der Waals surface area contributed by atoms with Crippen LogP contribution in [0.5, 0.6) is 0 Å². The van der Waals surface area contributed by atoms with Gasteiger partial charge in [-0.3, -0.25) is 0 Å². The zero-order chi connectivity index (χ0) is 9.84. The van der Waals surface area contributed by atoms with Gasteiger partial charge in [-0.2, -0.15) is 4.98 Å². The van der Waals surface area contributed by atoms with Crippen LogP contribution in [0.3, 0.4) is 0 Å². The molecule has 13 heavy (non-hydrogen) atoms. The molecule has 1 heterocycles. The first-order chi connectivity index (χ1) is 6.08. The maximum atomic E-state index is 4.94. The van der Waals surface area contributed by atoms with Crippen LogP contribution in [0.2, 0.25) is 0 Å². The Kier molecular flexibility index (Phi) is 4.08. The molecule has 0 unspecified atom stereocenters. The Hall–Kier alpha value is -0.200. The molecular weight excluding hydrogens is 222 g/mol. The number of nitrogens with one attached hydrogen (secondary N) is 2. The average molecular weight is 233 g/mol. The van der Waals surface area contributed by atoms with E-state index in [-0.39, 0.29) is 0 Å². The lowest BCUT2D eigenvalue weighted by Crippen LogP contribution is -1.95. The summed E-state index contributed by atoms with van der Waals surface area (Å²) in [5.41, 5.74) is 0. The predicted molar refractivity (Wildman–Crippen MR) is 60.2 cm³/mol. The molecule has 1 rings (SSSR count). The van der Waals surface area contributed by atoms with Crippen molar-refractivity contribution in [3.05, 3.63) is 9.54 Å². The van der Waals surface area contributed by atoms with Crippen LogP contribution < -0.4 is 0 Å². The second kappa shape index (κ2) is 4.88. The van der Waals surface area contributed by atoms with Crippen molar-refractivity contribution in [3.8, 4) is 0 Å². The first kappa shape index (κ1) is 10.9. The lowest BCUT2D eigenvalue weighted by Gasteiger charge is -2.02. The fourth-order valence-electron chi connectivity index (χ4n) is 0.688. The maximum Gasteiger partial charge on any atom is 0.201 e. The molecule has 0 saturated heterocycles. The summed E-state index contributed by atoms with van der Waals surface area (Å²) in [7, 11) is 0. The van der Waals surface area contributed by atoms with Crippen LogP contribution in [0, 0.1) is 15.5 Å². The lowest BCUT2D eigenvalue weighted by molar-refractivity contribution is 0.746. The summed E-state index contributed by atoms with van der Waals surface area (Å²) in [5, 5.41) is 0.794. The smallest absolute Gasteiger partial charge is 0.201 e. The van der Waals surface area contributed by atoms with Gasteiger partial charge < -0.3 is 9.97 Å². The molecule has 0 aliphatic rings. The van der Waals surface area contributed by atoms with Crippen LogP contribution in [0.25, 0.3) is 0 Å². The topological polar surface area (TPSA) is 44.5 Å². The molecule has 3 nitrogen and oxygen atoms in total. The molecule has 1 aromatic rings. The maximum absolute atomic E-state index is 4.94. The van der Waals surface area contributed by atoms with E-state index < -0.39 is 0 Å². The van der Waals surface area contributed by atoms with E-state index >= 15 is 0 Å². The Balaban J connectivity index is 2.78. The number of hydrogen-bond donors (Lipinski definition) is 2. The van der Waals surface area contributed by atoms with Crippen LogP contribution in [0.1, 0.15) is 13.8 Å². The van der Waals surface area contributed by atoms with Crippen LogP contribution in [0.15, 0.2) is 5.16 Å². The third kappa shape index (κ3) is 4.02. The van der Waals surface area contributed by atoms with Gasteiger partial charge in [0.1, 0.15) is 0 Å². The molecule has 0 saturated carbocycles. The Labute approximate surface area is 91.4 Å². The summed E-state index contributed by atoms with van der Waals surface area (Å²) in [6, 6.07) is 0. The fourth-order valence-corrected chi connectivity index (χ4v) is 2.08. The van der Waals surface area contributed by atoms with Crippen molar-refractivity contribution in [2.24, 2.45) is 5.92 Å². The summed E-state index contributed by atoms with van der Waals surface area (Å²) in [4.78, 5) is 9.80. The Morgan fingerprint density at radius 3 is 2.62 bits per heavy atom. The van der Waals surface area contributed by atoms with Crippen molar-refractivity contribution in [2.75, 3.05) is 5.75 Å². The Morgan fingerprint density at radius 1 is 1.38 bits per heavy atom. The highest BCUT2D eigenvalue weighted by Crippen LogP contribution is 2.14. The molecule has 0 aromatic carbocycles. The van der Waals surface area contributed by atoms with E-state index in [4.69, 9.17) is 24.4 Å². The lowest BCUT2D eigenvalue weighted by atomic mass is 10.3. The molecule has 0 aliphatic carbocycles. The standard InChI is InChI=1S/C7H11N3S3/c1-4(2)3-13-7-9-5(11)8-6(12)10-7/h4H,3H2,1-2H3,(H2,8,9,10,11,12). The largest absolute Gasteiger partial charge is 0.311 e. The molecule has 0 fully saturated rings. The molecule has 0 radical (unpaired) electrons. The average Bonchev–Trinajstić information content (AvgIpc) is 1.99. The second-order valence-corrected chi connectivity index (χ2v) is 4.81. The number of thioether (sulfide) groups is 1. The van der Waals surface area contributed by atoms with Gasteiger partial charge in [0, 0.05) is 5.75 Å². The number of aromatic amines is 2. The quantitative estimate of drug-likeness (QED) is 0.622. The van der Waals surface area contributed by atoms with Crippen LogP contribution in [0.4, 0.5) is 0 Å². The van der Waals surface area contributed by atoms with E-state index in [1.54, 1.807) is 11.8 Å². The SMILES string of the molecule is CC(C)CSc1nc(=S)[nH]c(=S)[nH]1. The minimum Gasteiger partial charge on any atom is -0.311 e. The molecule has 0 amide bonds. The highest BCUT2D eigenvalue weighted by Gasteiger charge is 1.98. The third-order valence-corrected chi connectivity index (χ3v) is 2.89. The molecule has 2 N–H and O–H groups in total. The van der Waals surface area contributed by atoms with E-state index in [0.717, 1.165) is 10.9 Å². The summed E-state index contributed by atoms with van der Waals surface area (Å²) in [6.07, 6.45) is 0. The van der Waals surface area contributed by atoms with Gasteiger partial charge >= 0.3 is 0 Å². The highest BCUT2D eigenvalue weighted by atomic mass is 32.2. The molecule has 0 bridgehead atoms. The van der Waals surface area contributed by atoms with Crippen molar-refractivity contribution < 1.29 is 0 Å². The molecule has 0 aliphatic heterocycles. The first-order valence-corrected chi connectivity index (χ1v) is 5.71. The summed E-state index contributed by atoms with van der Waals surface area (Å²) >= 11 is 11.5. The van der Waals surface area contributed by atoms with Crippen molar-refractivity contribution >= 4 is 36.2 Å². The number of hydrogen-bond acceptors (Lipinski definition) is 4. The molecule has 6 heteroatoms. The second-order valence-electron chi connectivity index (χ2n) is 3.01. The molecule has 0 atom stereocenters. The number of rotatable bonds is 3. The van der Waals surface area contributed by atoms with Gasteiger partial charge in [-0.15, -0.1) is 0 Å². The normalized spacial score (nSPS) is 10.7. The monoisotopic (exact) mass is 233 g/mol. The summed E-state index contributed by atoms with van der Waals surface area (Å²) in [6.45, 7) is 4.32. The van der Waals surface area contributed by atoms with Gasteiger partial charge in [0.2, 0.25) is 4.77 Å². The Morgan fingerprint density at radius 2 is 2.08 bits per heavy atom. The van der Waals surface area contributed by atoms with Gasteiger partial charge in [-0.05, 0) is 30.4 Å². The van der Waals surface area contributed by atoms with Crippen molar-refractivity contribution in [1.82, 2.24) is 15.0 Å². The van der Waals surface area contributed by atoms with Gasteiger partial charge in [-0.25, -0.2) is 0 Å². The molecule has 72 valence electrons. The molecule has 1 aromatic heterocycles. The zero-order valence-electron chi connectivity index (χ0n) is 7.46. The van der Waals surface area contributed by atoms with E-state index in [0.29, 0.717) is 15.5 Å². The summed E-state index contributed by atoms with van der Waals surface area (Å²) < 4.78 is 0.973. The van der Waals surface area contributed by atoms with Gasteiger partial charge in [0.05, 0.1) is 0 Å². The van der Waals surface area contributed by atoms with Gasteiger partial charge in [0.25, 0.3) is 0 Å². The predicted octanol–water partition coefficient (Wildman–Crippen LogP) is 2.94. The van der Waals surface area contributed by atoms with E-state index in [1.165, 1.54) is 0 Å². The van der Waals surface area contributed by atoms with E-state index in [9.17, 15) is 0 Å². The highest BCUT2D eigenvalue weighted by molar-refractivity contribution is 7.99. The number of nitrogens with zero attached hydrogens (tertiary/aromatic N) is 1. The van der Waals surface area contributed by atoms with E-state index in [1.807, 2.05) is 0 Å². The molecular formula is C7H11N3S3. The minimum atomic E-state index is 0.440. The number of H-pyrrole nitrogens is 2. The Bertz CT molecular complexity index is 351. The fraction of sp³-hybridized carbons (Fsp3) is 0.571. The minimum absolute atomic E-state index is 0.440. The summed E-state index contributed by atoms with van der Waals surface area (Å²) in [5.74, 6) is 1.64. The van der Waals surface area contributed by atoms with Crippen LogP contribution in [-0.4, -0.2) is 20.7 Å². The van der Waals surface area contributed by atoms with Crippen molar-refractivity contribution in [3.63, 3.8) is 0 Å². The van der Waals surface area contributed by atoms with E-state index in [2.05, 4.69) is 28.8 Å². The van der Waals surface area contributed by atoms with Crippen LogP contribution in [-0.2, 0) is 0 Å². The van der Waals surface area contributed by atoms with Gasteiger partial charge in [-0.1, -0.05) is 25.6 Å². The van der Waals surface area contributed by atoms with Gasteiger partial charge in [0.15, 0.2) is 9.93 Å². The third-order valence-electron chi connectivity index (χ3n) is 1.20. The van der Waals surface area contributed by atoms with Crippen molar-refractivity contribution in [2.45, 2.75) is 19.0 Å².